The van der Waals surface area contributed by atoms with Crippen LogP contribution in [0, 0.1) is 10.5 Å². The van der Waals surface area contributed by atoms with Gasteiger partial charge in [0.05, 0.1) is 0 Å². The van der Waals surface area contributed by atoms with Crippen LogP contribution < -0.4 is 0 Å². The Labute approximate surface area is 96.7 Å². The van der Waals surface area contributed by atoms with Crippen molar-refractivity contribution in [3.05, 3.63) is 38.1 Å². The number of aryl methyl sites for hydroxylation is 1. The molecular formula is C10H9ClIN. The van der Waals surface area contributed by atoms with Crippen molar-refractivity contribution in [2.45, 2.75) is 6.92 Å². The van der Waals surface area contributed by atoms with Crippen LogP contribution in [0.1, 0.15) is 11.1 Å². The molecule has 0 heterocycles. The van der Waals surface area contributed by atoms with Crippen molar-refractivity contribution in [1.82, 2.24) is 0 Å². The lowest BCUT2D eigenvalue weighted by Crippen LogP contribution is -1.82. The van der Waals surface area contributed by atoms with E-state index in [0.717, 1.165) is 5.56 Å². The number of rotatable bonds is 2. The van der Waals surface area contributed by atoms with Crippen LogP contribution in [0.15, 0.2) is 28.3 Å². The minimum Gasteiger partial charge on any atom is -0.252 e. The molecule has 0 aromatic heterocycles. The van der Waals surface area contributed by atoms with Gasteiger partial charge in [-0.1, -0.05) is 17.7 Å². The fourth-order valence-corrected chi connectivity index (χ4v) is 1.74. The Morgan fingerprint density at radius 1 is 1.62 bits per heavy atom. The molecule has 0 aliphatic heterocycles. The number of aliphatic imine (C=N–C) groups is 1. The highest BCUT2D eigenvalue weighted by molar-refractivity contribution is 14.1. The maximum atomic E-state index is 5.74. The second-order valence-electron chi connectivity index (χ2n) is 2.63. The van der Waals surface area contributed by atoms with Crippen molar-refractivity contribution in [3.63, 3.8) is 0 Å². The summed E-state index contributed by atoms with van der Waals surface area (Å²) in [5.41, 5.74) is 2.27. The summed E-state index contributed by atoms with van der Waals surface area (Å²) in [7, 11) is 0. The molecule has 3 heteroatoms. The first-order chi connectivity index (χ1) is 6.13. The van der Waals surface area contributed by atoms with Gasteiger partial charge in [-0.15, -0.1) is 0 Å². The van der Waals surface area contributed by atoms with E-state index >= 15 is 0 Å². The largest absolute Gasteiger partial charge is 0.252 e. The van der Waals surface area contributed by atoms with Gasteiger partial charge in [0, 0.05) is 3.57 Å². The molecule has 0 saturated carbocycles. The van der Waals surface area contributed by atoms with Gasteiger partial charge in [0.1, 0.15) is 5.16 Å². The summed E-state index contributed by atoms with van der Waals surface area (Å²) in [5, 5.41) is 0.421. The molecule has 13 heavy (non-hydrogen) atoms. The van der Waals surface area contributed by atoms with Gasteiger partial charge < -0.3 is 0 Å². The molecule has 0 aliphatic rings. The Bertz CT molecular complexity index is 358. The SMILES string of the molecule is C=N/C(Cl)=C\c1ccc(I)cc1C. The lowest BCUT2D eigenvalue weighted by molar-refractivity contribution is 1.41. The van der Waals surface area contributed by atoms with E-state index in [1.54, 1.807) is 6.08 Å². The molecule has 0 aliphatic carbocycles. The Hall–Kier alpha value is -0.350. The molecule has 0 radical (unpaired) electrons. The topological polar surface area (TPSA) is 12.4 Å². The summed E-state index contributed by atoms with van der Waals surface area (Å²) in [5.74, 6) is 0. The van der Waals surface area contributed by atoms with E-state index in [0.29, 0.717) is 5.16 Å². The molecule has 0 spiro atoms. The van der Waals surface area contributed by atoms with Crippen LogP contribution in [0.3, 0.4) is 0 Å². The predicted octanol–water partition coefficient (Wildman–Crippen LogP) is 3.84. The van der Waals surface area contributed by atoms with Gasteiger partial charge in [-0.3, -0.25) is 4.99 Å². The van der Waals surface area contributed by atoms with E-state index in [2.05, 4.69) is 40.4 Å². The molecule has 0 unspecified atom stereocenters. The molecule has 0 N–H and O–H groups in total. The van der Waals surface area contributed by atoms with E-state index in [1.807, 2.05) is 19.1 Å². The Kier molecular flexibility index (Phi) is 3.93. The predicted molar refractivity (Wildman–Crippen MR) is 67.3 cm³/mol. The maximum Gasteiger partial charge on any atom is 0.128 e. The van der Waals surface area contributed by atoms with E-state index in [9.17, 15) is 0 Å². The molecule has 1 nitrogen and oxygen atoms in total. The smallest absolute Gasteiger partial charge is 0.128 e. The molecule has 0 atom stereocenters. The third-order valence-corrected chi connectivity index (χ3v) is 2.56. The number of benzene rings is 1. The summed E-state index contributed by atoms with van der Waals surface area (Å²) >= 11 is 8.02. The Balaban J connectivity index is 3.09. The summed E-state index contributed by atoms with van der Waals surface area (Å²) in [4.78, 5) is 3.62. The zero-order valence-corrected chi connectivity index (χ0v) is 10.1. The summed E-state index contributed by atoms with van der Waals surface area (Å²) in [6.07, 6.45) is 1.81. The minimum atomic E-state index is 0.421. The molecule has 0 amide bonds. The number of nitrogens with zero attached hydrogens (tertiary/aromatic N) is 1. The average Bonchev–Trinajstić information content (AvgIpc) is 2.09. The van der Waals surface area contributed by atoms with Gasteiger partial charge in [-0.25, -0.2) is 0 Å². The zero-order valence-electron chi connectivity index (χ0n) is 7.22. The Morgan fingerprint density at radius 3 is 2.85 bits per heavy atom. The normalized spacial score (nSPS) is 11.5. The third kappa shape index (κ3) is 3.12. The standard InChI is InChI=1S/C10H9ClIN/c1-7-5-9(12)4-3-8(7)6-10(11)13-2/h3-6H,2H2,1H3/b10-6-. The van der Waals surface area contributed by atoms with Gasteiger partial charge >= 0.3 is 0 Å². The van der Waals surface area contributed by atoms with Crippen LogP contribution in [-0.2, 0) is 0 Å². The molecule has 0 bridgehead atoms. The van der Waals surface area contributed by atoms with Crippen molar-refractivity contribution in [1.29, 1.82) is 0 Å². The van der Waals surface area contributed by atoms with Crippen LogP contribution >= 0.6 is 34.2 Å². The van der Waals surface area contributed by atoms with Crippen molar-refractivity contribution in [2.75, 3.05) is 0 Å². The van der Waals surface area contributed by atoms with Crippen molar-refractivity contribution in [2.24, 2.45) is 4.99 Å². The minimum absolute atomic E-state index is 0.421. The first-order valence-corrected chi connectivity index (χ1v) is 5.19. The first-order valence-electron chi connectivity index (χ1n) is 3.73. The molecule has 1 rings (SSSR count). The van der Waals surface area contributed by atoms with Crippen LogP contribution in [-0.4, -0.2) is 6.72 Å². The monoisotopic (exact) mass is 305 g/mol. The molecule has 1 aromatic carbocycles. The molecule has 0 fully saturated rings. The van der Waals surface area contributed by atoms with Crippen LogP contribution in [0.5, 0.6) is 0 Å². The fraction of sp³-hybridized carbons (Fsp3) is 0.100. The first kappa shape index (κ1) is 10.7. The van der Waals surface area contributed by atoms with Crippen LogP contribution in [0.25, 0.3) is 6.08 Å². The van der Waals surface area contributed by atoms with Crippen molar-refractivity contribution >= 4 is 47.0 Å². The van der Waals surface area contributed by atoms with Gasteiger partial charge in [-0.05, 0) is 65.6 Å². The lowest BCUT2D eigenvalue weighted by Gasteiger charge is -2.00. The average molecular weight is 306 g/mol. The van der Waals surface area contributed by atoms with Gasteiger partial charge in [0.2, 0.25) is 0 Å². The second kappa shape index (κ2) is 4.77. The Morgan fingerprint density at radius 2 is 2.31 bits per heavy atom. The fourth-order valence-electron chi connectivity index (χ4n) is 0.975. The van der Waals surface area contributed by atoms with Gasteiger partial charge in [-0.2, -0.15) is 0 Å². The van der Waals surface area contributed by atoms with Crippen molar-refractivity contribution in [3.8, 4) is 0 Å². The maximum absolute atomic E-state index is 5.74. The summed E-state index contributed by atoms with van der Waals surface area (Å²) < 4.78 is 1.22. The molecular weight excluding hydrogens is 296 g/mol. The number of hydrogen-bond donors (Lipinski definition) is 0. The van der Waals surface area contributed by atoms with Gasteiger partial charge in [0.25, 0.3) is 0 Å². The highest BCUT2D eigenvalue weighted by Crippen LogP contribution is 2.17. The number of halogens is 2. The van der Waals surface area contributed by atoms with Gasteiger partial charge in [0.15, 0.2) is 0 Å². The third-order valence-electron chi connectivity index (χ3n) is 1.66. The molecule has 0 saturated heterocycles. The second-order valence-corrected chi connectivity index (χ2v) is 4.26. The summed E-state index contributed by atoms with van der Waals surface area (Å²) in [6, 6.07) is 6.15. The van der Waals surface area contributed by atoms with E-state index < -0.39 is 0 Å². The number of hydrogen-bond acceptors (Lipinski definition) is 1. The van der Waals surface area contributed by atoms with Crippen LogP contribution in [0.4, 0.5) is 0 Å². The molecule has 1 aromatic rings. The highest BCUT2D eigenvalue weighted by atomic mass is 127. The van der Waals surface area contributed by atoms with E-state index in [4.69, 9.17) is 11.6 Å². The van der Waals surface area contributed by atoms with E-state index in [-0.39, 0.29) is 0 Å². The zero-order chi connectivity index (χ0) is 9.84. The van der Waals surface area contributed by atoms with Crippen LogP contribution in [0.2, 0.25) is 0 Å². The lowest BCUT2D eigenvalue weighted by atomic mass is 10.1. The quantitative estimate of drug-likeness (QED) is 0.447. The van der Waals surface area contributed by atoms with E-state index in [1.165, 1.54) is 9.13 Å². The van der Waals surface area contributed by atoms with Crippen molar-refractivity contribution < 1.29 is 0 Å². The summed E-state index contributed by atoms with van der Waals surface area (Å²) in [6.45, 7) is 5.40. The highest BCUT2D eigenvalue weighted by Gasteiger charge is 1.96. The molecule has 68 valence electrons.